The average Bonchev–Trinajstić information content (AvgIpc) is 2.42. The van der Waals surface area contributed by atoms with Gasteiger partial charge in [0.05, 0.1) is 5.56 Å². The van der Waals surface area contributed by atoms with Gasteiger partial charge in [-0.2, -0.15) is 5.10 Å². The molecular weight excluding hydrogens is 283 g/mol. The van der Waals surface area contributed by atoms with E-state index in [0.717, 1.165) is 18.4 Å². The van der Waals surface area contributed by atoms with Crippen molar-refractivity contribution in [3.05, 3.63) is 51.9 Å². The van der Waals surface area contributed by atoms with Gasteiger partial charge in [-0.15, -0.1) is 11.6 Å². The van der Waals surface area contributed by atoms with Crippen LogP contribution in [0.5, 0.6) is 0 Å². The summed E-state index contributed by atoms with van der Waals surface area (Å²) in [5.74, 6) is 0.603. The van der Waals surface area contributed by atoms with Crippen LogP contribution in [0.15, 0.2) is 41.3 Å². The summed E-state index contributed by atoms with van der Waals surface area (Å²) < 4.78 is 1.48. The van der Waals surface area contributed by atoms with Crippen molar-refractivity contribution in [3.8, 4) is 11.1 Å². The molecule has 1 aromatic heterocycles. The molecule has 0 unspecified atom stereocenters. The molecule has 100 valence electrons. The molecule has 19 heavy (non-hydrogen) atoms. The summed E-state index contributed by atoms with van der Waals surface area (Å²) >= 11 is 11.5. The van der Waals surface area contributed by atoms with Gasteiger partial charge in [0.15, 0.2) is 0 Å². The Labute approximate surface area is 121 Å². The number of unbranched alkanes of at least 4 members (excludes halogenated alkanes) is 1. The molecule has 0 fully saturated rings. The number of aryl methyl sites for hydroxylation is 1. The van der Waals surface area contributed by atoms with Crippen LogP contribution in [-0.4, -0.2) is 15.7 Å². The Morgan fingerprint density at radius 3 is 2.53 bits per heavy atom. The summed E-state index contributed by atoms with van der Waals surface area (Å²) in [5.41, 5.74) is 1.40. The van der Waals surface area contributed by atoms with Gasteiger partial charge in [-0.1, -0.05) is 23.7 Å². The van der Waals surface area contributed by atoms with E-state index < -0.39 is 0 Å². The fourth-order valence-electron chi connectivity index (χ4n) is 1.82. The van der Waals surface area contributed by atoms with Crippen molar-refractivity contribution in [2.24, 2.45) is 0 Å². The van der Waals surface area contributed by atoms with E-state index >= 15 is 0 Å². The number of nitrogens with zero attached hydrogens (tertiary/aromatic N) is 2. The number of halogens is 2. The summed E-state index contributed by atoms with van der Waals surface area (Å²) in [5, 5.41) is 4.74. The Morgan fingerprint density at radius 1 is 1.11 bits per heavy atom. The third-order valence-corrected chi connectivity index (χ3v) is 3.34. The zero-order valence-corrected chi connectivity index (χ0v) is 11.9. The van der Waals surface area contributed by atoms with Crippen LogP contribution in [0, 0.1) is 0 Å². The van der Waals surface area contributed by atoms with Crippen LogP contribution in [0.3, 0.4) is 0 Å². The number of alkyl halides is 1. The van der Waals surface area contributed by atoms with E-state index in [0.29, 0.717) is 23.0 Å². The highest BCUT2D eigenvalue weighted by Gasteiger charge is 2.06. The molecule has 0 saturated heterocycles. The molecule has 1 heterocycles. The van der Waals surface area contributed by atoms with E-state index in [1.165, 1.54) is 4.68 Å². The van der Waals surface area contributed by atoms with Crippen LogP contribution in [0.25, 0.3) is 11.1 Å². The fraction of sp³-hybridized carbons (Fsp3) is 0.286. The Balaban J connectivity index is 2.29. The summed E-state index contributed by atoms with van der Waals surface area (Å²) in [6.45, 7) is 0.590. The number of hydrogen-bond acceptors (Lipinski definition) is 2. The van der Waals surface area contributed by atoms with E-state index in [9.17, 15) is 4.79 Å². The van der Waals surface area contributed by atoms with Crippen molar-refractivity contribution in [2.75, 3.05) is 5.88 Å². The minimum Gasteiger partial charge on any atom is -0.267 e. The SMILES string of the molecule is O=c1c(-c2ccc(Cl)cc2)ccnn1CCCCCl. The summed E-state index contributed by atoms with van der Waals surface area (Å²) in [7, 11) is 0. The van der Waals surface area contributed by atoms with Crippen LogP contribution < -0.4 is 5.56 Å². The first kappa shape index (κ1) is 14.1. The highest BCUT2D eigenvalue weighted by molar-refractivity contribution is 6.30. The molecule has 1 aromatic carbocycles. The first-order chi connectivity index (χ1) is 9.22. The molecule has 0 aliphatic rings. The summed E-state index contributed by atoms with van der Waals surface area (Å²) in [4.78, 5) is 12.3. The molecule has 2 rings (SSSR count). The minimum absolute atomic E-state index is 0.0839. The Bertz CT molecular complexity index is 593. The lowest BCUT2D eigenvalue weighted by atomic mass is 10.1. The van der Waals surface area contributed by atoms with E-state index in [1.54, 1.807) is 24.4 Å². The van der Waals surface area contributed by atoms with Gasteiger partial charge in [0.1, 0.15) is 0 Å². The predicted octanol–water partition coefficient (Wildman–Crippen LogP) is 3.58. The van der Waals surface area contributed by atoms with Crippen molar-refractivity contribution in [1.82, 2.24) is 9.78 Å². The Kier molecular flexibility index (Phi) is 5.00. The van der Waals surface area contributed by atoms with Crippen LogP contribution in [0.1, 0.15) is 12.8 Å². The third-order valence-electron chi connectivity index (χ3n) is 2.82. The van der Waals surface area contributed by atoms with Crippen LogP contribution in [0.4, 0.5) is 0 Å². The standard InChI is InChI=1S/C14H14Cl2N2O/c15-8-1-2-10-18-14(19)13(7-9-17-18)11-3-5-12(16)6-4-11/h3-7,9H,1-2,8,10H2. The molecule has 0 N–H and O–H groups in total. The van der Waals surface area contributed by atoms with Crippen LogP contribution in [0.2, 0.25) is 5.02 Å². The topological polar surface area (TPSA) is 34.9 Å². The Morgan fingerprint density at radius 2 is 1.84 bits per heavy atom. The van der Waals surface area contributed by atoms with Crippen molar-refractivity contribution >= 4 is 23.2 Å². The lowest BCUT2D eigenvalue weighted by Gasteiger charge is -2.06. The molecule has 3 nitrogen and oxygen atoms in total. The molecule has 0 saturated carbocycles. The normalized spacial score (nSPS) is 10.6. The van der Waals surface area contributed by atoms with Crippen LogP contribution in [-0.2, 0) is 6.54 Å². The second-order valence-corrected chi connectivity index (χ2v) is 4.99. The first-order valence-electron chi connectivity index (χ1n) is 6.10. The molecular formula is C14H14Cl2N2O. The van der Waals surface area contributed by atoms with Crippen molar-refractivity contribution in [1.29, 1.82) is 0 Å². The van der Waals surface area contributed by atoms with Gasteiger partial charge >= 0.3 is 0 Å². The lowest BCUT2D eigenvalue weighted by Crippen LogP contribution is -2.24. The van der Waals surface area contributed by atoms with Gasteiger partial charge in [0.2, 0.25) is 0 Å². The molecule has 0 amide bonds. The third kappa shape index (κ3) is 3.58. The summed E-state index contributed by atoms with van der Waals surface area (Å²) in [6.07, 6.45) is 3.37. The maximum absolute atomic E-state index is 12.3. The van der Waals surface area contributed by atoms with Gasteiger partial charge < -0.3 is 0 Å². The highest BCUT2D eigenvalue weighted by atomic mass is 35.5. The number of hydrogen-bond donors (Lipinski definition) is 0. The van der Waals surface area contributed by atoms with Crippen LogP contribution >= 0.6 is 23.2 Å². The van der Waals surface area contributed by atoms with Crippen molar-refractivity contribution in [3.63, 3.8) is 0 Å². The quantitative estimate of drug-likeness (QED) is 0.624. The largest absolute Gasteiger partial charge is 0.274 e. The second-order valence-electron chi connectivity index (χ2n) is 4.18. The van der Waals surface area contributed by atoms with Gasteiger partial charge in [0, 0.05) is 23.6 Å². The molecule has 0 bridgehead atoms. The molecule has 2 aromatic rings. The zero-order chi connectivity index (χ0) is 13.7. The molecule has 5 heteroatoms. The van der Waals surface area contributed by atoms with E-state index in [2.05, 4.69) is 5.10 Å². The van der Waals surface area contributed by atoms with E-state index in [4.69, 9.17) is 23.2 Å². The molecule has 0 radical (unpaired) electrons. The van der Waals surface area contributed by atoms with Gasteiger partial charge in [0.25, 0.3) is 5.56 Å². The first-order valence-corrected chi connectivity index (χ1v) is 7.01. The molecule has 0 spiro atoms. The zero-order valence-electron chi connectivity index (χ0n) is 10.4. The smallest absolute Gasteiger partial charge is 0.267 e. The maximum atomic E-state index is 12.3. The number of rotatable bonds is 5. The second kappa shape index (κ2) is 6.73. The van der Waals surface area contributed by atoms with E-state index in [-0.39, 0.29) is 5.56 Å². The predicted molar refractivity (Wildman–Crippen MR) is 78.9 cm³/mol. The lowest BCUT2D eigenvalue weighted by molar-refractivity contribution is 0.545. The molecule has 0 aliphatic heterocycles. The monoisotopic (exact) mass is 296 g/mol. The van der Waals surface area contributed by atoms with Gasteiger partial charge in [-0.3, -0.25) is 4.79 Å². The van der Waals surface area contributed by atoms with E-state index in [1.807, 2.05) is 12.1 Å². The molecule has 0 aliphatic carbocycles. The number of aromatic nitrogens is 2. The molecule has 0 atom stereocenters. The van der Waals surface area contributed by atoms with Gasteiger partial charge in [-0.05, 0) is 36.6 Å². The Hall–Kier alpha value is -1.32. The number of benzene rings is 1. The van der Waals surface area contributed by atoms with Gasteiger partial charge in [-0.25, -0.2) is 4.68 Å². The fourth-order valence-corrected chi connectivity index (χ4v) is 2.13. The van der Waals surface area contributed by atoms with Crippen molar-refractivity contribution in [2.45, 2.75) is 19.4 Å². The highest BCUT2D eigenvalue weighted by Crippen LogP contribution is 2.17. The summed E-state index contributed by atoms with van der Waals surface area (Å²) in [6, 6.07) is 8.94. The van der Waals surface area contributed by atoms with Crippen molar-refractivity contribution < 1.29 is 0 Å². The maximum Gasteiger partial charge on any atom is 0.274 e. The average molecular weight is 297 g/mol. The minimum atomic E-state index is -0.0839.